The van der Waals surface area contributed by atoms with Gasteiger partial charge in [-0.25, -0.2) is 0 Å². The molecule has 0 aromatic carbocycles. The third-order valence-electron chi connectivity index (χ3n) is 4.10. The molecule has 2 heteroatoms. The fraction of sp³-hybridized carbons (Fsp3) is 0.765. The Kier molecular flexibility index (Phi) is 6.77. The van der Waals surface area contributed by atoms with Crippen molar-refractivity contribution in [2.45, 2.75) is 72.7 Å². The molecule has 0 aromatic rings. The summed E-state index contributed by atoms with van der Waals surface area (Å²) in [6.07, 6.45) is 4.63. The minimum absolute atomic E-state index is 0.262. The van der Waals surface area contributed by atoms with E-state index >= 15 is 0 Å². The molecule has 0 saturated heterocycles. The van der Waals surface area contributed by atoms with Gasteiger partial charge in [0.25, 0.3) is 0 Å². The first-order chi connectivity index (χ1) is 8.38. The molecule has 0 amide bonds. The molecule has 2 atom stereocenters. The maximum absolute atomic E-state index is 6.62. The lowest BCUT2D eigenvalue weighted by Gasteiger charge is -2.42. The van der Waals surface area contributed by atoms with E-state index in [2.05, 4.69) is 73.4 Å². The van der Waals surface area contributed by atoms with Gasteiger partial charge in [0.05, 0.1) is 6.10 Å². The van der Waals surface area contributed by atoms with Crippen molar-refractivity contribution < 1.29 is 4.43 Å². The highest BCUT2D eigenvalue weighted by Gasteiger charge is 2.40. The highest BCUT2D eigenvalue weighted by atomic mass is 28.4. The monoisotopic (exact) mass is 282 g/mol. The molecule has 0 aliphatic rings. The van der Waals surface area contributed by atoms with Crippen molar-refractivity contribution >= 4 is 8.32 Å². The number of hydrogen-bond acceptors (Lipinski definition) is 1. The minimum atomic E-state index is -1.71. The van der Waals surface area contributed by atoms with Gasteiger partial charge >= 0.3 is 0 Å². The zero-order chi connectivity index (χ0) is 15.4. The Morgan fingerprint density at radius 2 is 1.63 bits per heavy atom. The van der Waals surface area contributed by atoms with E-state index in [0.29, 0.717) is 11.8 Å². The zero-order valence-electron chi connectivity index (χ0n) is 14.5. The van der Waals surface area contributed by atoms with E-state index in [1.54, 1.807) is 0 Å². The predicted octanol–water partition coefficient (Wildman–Crippen LogP) is 5.80. The SMILES string of the molecule is C=C(C)/C=C\[C@H](C)[C@H](O[Si](C)(C)C(C)(C)C)C(C)C. The van der Waals surface area contributed by atoms with Gasteiger partial charge in [-0.1, -0.05) is 65.8 Å². The summed E-state index contributed by atoms with van der Waals surface area (Å²) in [5, 5.41) is 0.262. The molecule has 112 valence electrons. The first-order valence-corrected chi connectivity index (χ1v) is 10.3. The molecule has 0 fully saturated rings. The standard InChI is InChI=1S/C17H34OSi/c1-13(2)11-12-15(5)16(14(3)4)18-19(9,10)17(6,7)8/h11-12,14-16H,1H2,2-10H3/b12-11-/t15-,16+/m0/s1. The summed E-state index contributed by atoms with van der Waals surface area (Å²) >= 11 is 0. The van der Waals surface area contributed by atoms with Crippen molar-refractivity contribution in [2.75, 3.05) is 0 Å². The Balaban J connectivity index is 5.00. The Hall–Kier alpha value is -0.343. The molecule has 0 N–H and O–H groups in total. The van der Waals surface area contributed by atoms with E-state index in [9.17, 15) is 0 Å². The fourth-order valence-corrected chi connectivity index (χ4v) is 3.31. The summed E-state index contributed by atoms with van der Waals surface area (Å²) in [5.74, 6) is 0.949. The first-order valence-electron chi connectivity index (χ1n) is 7.40. The van der Waals surface area contributed by atoms with Crippen molar-refractivity contribution in [1.82, 2.24) is 0 Å². The lowest BCUT2D eigenvalue weighted by Crippen LogP contribution is -2.46. The summed E-state index contributed by atoms with van der Waals surface area (Å²) in [7, 11) is -1.71. The lowest BCUT2D eigenvalue weighted by atomic mass is 9.94. The number of hydrogen-bond donors (Lipinski definition) is 0. The topological polar surface area (TPSA) is 9.23 Å². The van der Waals surface area contributed by atoms with Crippen LogP contribution in [0.2, 0.25) is 18.1 Å². The second-order valence-electron chi connectivity index (χ2n) is 7.65. The molecule has 1 nitrogen and oxygen atoms in total. The van der Waals surface area contributed by atoms with Crippen LogP contribution >= 0.6 is 0 Å². The van der Waals surface area contributed by atoms with Gasteiger partial charge in [0, 0.05) is 0 Å². The molecule has 0 aliphatic carbocycles. The quantitative estimate of drug-likeness (QED) is 0.442. The third-order valence-corrected chi connectivity index (χ3v) is 8.57. The van der Waals surface area contributed by atoms with Gasteiger partial charge in [0.15, 0.2) is 8.32 Å². The van der Waals surface area contributed by atoms with Crippen LogP contribution in [-0.2, 0) is 4.43 Å². The van der Waals surface area contributed by atoms with Crippen LogP contribution in [0.5, 0.6) is 0 Å². The second-order valence-corrected chi connectivity index (χ2v) is 12.4. The zero-order valence-corrected chi connectivity index (χ0v) is 15.5. The molecular formula is C17H34OSi. The molecule has 19 heavy (non-hydrogen) atoms. The van der Waals surface area contributed by atoms with Gasteiger partial charge in [-0.05, 0) is 36.9 Å². The van der Waals surface area contributed by atoms with Crippen molar-refractivity contribution in [2.24, 2.45) is 11.8 Å². The molecule has 0 rings (SSSR count). The highest BCUT2D eigenvalue weighted by molar-refractivity contribution is 6.74. The van der Waals surface area contributed by atoms with Gasteiger partial charge in [0.1, 0.15) is 0 Å². The summed E-state index contributed by atoms with van der Waals surface area (Å²) < 4.78 is 6.62. The summed E-state index contributed by atoms with van der Waals surface area (Å²) in [6.45, 7) is 24.3. The van der Waals surface area contributed by atoms with Crippen LogP contribution < -0.4 is 0 Å². The first kappa shape index (κ1) is 18.7. The van der Waals surface area contributed by atoms with E-state index in [1.165, 1.54) is 0 Å². The lowest BCUT2D eigenvalue weighted by molar-refractivity contribution is 0.101. The largest absolute Gasteiger partial charge is 0.413 e. The average molecular weight is 283 g/mol. The molecule has 0 radical (unpaired) electrons. The summed E-state index contributed by atoms with van der Waals surface area (Å²) in [6, 6.07) is 0. The van der Waals surface area contributed by atoms with Crippen LogP contribution in [0.1, 0.15) is 48.5 Å². The van der Waals surface area contributed by atoms with E-state index < -0.39 is 8.32 Å². The smallest absolute Gasteiger partial charge is 0.192 e. The van der Waals surface area contributed by atoms with Crippen LogP contribution in [0, 0.1) is 11.8 Å². The molecule has 0 heterocycles. The molecule has 0 aromatic heterocycles. The fourth-order valence-electron chi connectivity index (χ4n) is 1.79. The van der Waals surface area contributed by atoms with Crippen LogP contribution in [0.15, 0.2) is 24.3 Å². The average Bonchev–Trinajstić information content (AvgIpc) is 2.20. The van der Waals surface area contributed by atoms with Gasteiger partial charge in [-0.15, -0.1) is 0 Å². The Morgan fingerprint density at radius 3 is 1.95 bits per heavy atom. The Bertz CT molecular complexity index is 321. The van der Waals surface area contributed by atoms with Crippen molar-refractivity contribution in [3.8, 4) is 0 Å². The van der Waals surface area contributed by atoms with Crippen LogP contribution in [0.25, 0.3) is 0 Å². The van der Waals surface area contributed by atoms with E-state index in [-0.39, 0.29) is 11.1 Å². The molecule has 0 spiro atoms. The molecule has 0 bridgehead atoms. The maximum atomic E-state index is 6.62. The summed E-state index contributed by atoms with van der Waals surface area (Å²) in [4.78, 5) is 0. The van der Waals surface area contributed by atoms with Crippen LogP contribution in [-0.4, -0.2) is 14.4 Å². The van der Waals surface area contributed by atoms with E-state index in [4.69, 9.17) is 4.43 Å². The van der Waals surface area contributed by atoms with Crippen molar-refractivity contribution in [3.05, 3.63) is 24.3 Å². The van der Waals surface area contributed by atoms with Gasteiger partial charge in [-0.2, -0.15) is 0 Å². The molecular weight excluding hydrogens is 248 g/mol. The second kappa shape index (κ2) is 6.89. The highest BCUT2D eigenvalue weighted by Crippen LogP contribution is 2.39. The Morgan fingerprint density at radius 1 is 1.16 bits per heavy atom. The normalized spacial score (nSPS) is 16.9. The maximum Gasteiger partial charge on any atom is 0.192 e. The predicted molar refractivity (Wildman–Crippen MR) is 90.0 cm³/mol. The minimum Gasteiger partial charge on any atom is -0.413 e. The number of allylic oxidation sites excluding steroid dienone is 2. The van der Waals surface area contributed by atoms with Gasteiger partial charge in [0.2, 0.25) is 0 Å². The van der Waals surface area contributed by atoms with E-state index in [0.717, 1.165) is 5.57 Å². The molecule has 0 saturated carbocycles. The molecule has 0 aliphatic heterocycles. The van der Waals surface area contributed by atoms with Gasteiger partial charge < -0.3 is 4.43 Å². The van der Waals surface area contributed by atoms with Crippen LogP contribution in [0.3, 0.4) is 0 Å². The summed E-state index contributed by atoms with van der Waals surface area (Å²) in [5.41, 5.74) is 1.10. The Labute approximate surface area is 122 Å². The number of rotatable bonds is 6. The van der Waals surface area contributed by atoms with Crippen LogP contribution in [0.4, 0.5) is 0 Å². The van der Waals surface area contributed by atoms with Gasteiger partial charge in [-0.3, -0.25) is 0 Å². The van der Waals surface area contributed by atoms with Crippen molar-refractivity contribution in [3.63, 3.8) is 0 Å². The van der Waals surface area contributed by atoms with Crippen molar-refractivity contribution in [1.29, 1.82) is 0 Å². The molecule has 0 unspecified atom stereocenters. The third kappa shape index (κ3) is 6.09. The van der Waals surface area contributed by atoms with E-state index in [1.807, 2.05) is 6.92 Å².